The molecule has 6 heteroatoms. The molecule has 0 aromatic heterocycles. The van der Waals surface area contributed by atoms with E-state index in [2.05, 4.69) is 34.9 Å². The van der Waals surface area contributed by atoms with Crippen molar-refractivity contribution in [2.75, 3.05) is 20.2 Å². The molecule has 1 spiro atoms. The minimum atomic E-state index is -0.125. The van der Waals surface area contributed by atoms with Gasteiger partial charge in [-0.25, -0.2) is 4.79 Å². The number of methoxy groups -OCH3 is 1. The maximum Gasteiger partial charge on any atom is 0.315 e. The molecule has 2 aliphatic carbocycles. The normalized spacial score (nSPS) is 26.5. The fraction of sp³-hybridized carbons (Fsp3) is 0.462. The van der Waals surface area contributed by atoms with E-state index in [1.807, 2.05) is 35.2 Å². The van der Waals surface area contributed by atoms with Gasteiger partial charge in [0, 0.05) is 37.5 Å². The minimum Gasteiger partial charge on any atom is -0.497 e. The summed E-state index contributed by atoms with van der Waals surface area (Å²) in [5.41, 5.74) is 2.64. The van der Waals surface area contributed by atoms with Gasteiger partial charge < -0.3 is 20.3 Å². The highest BCUT2D eigenvalue weighted by Crippen LogP contribution is 2.59. The molecule has 0 radical (unpaired) electrons. The topological polar surface area (TPSA) is 70.7 Å². The quantitative estimate of drug-likeness (QED) is 0.730. The maximum atomic E-state index is 12.8. The molecule has 1 saturated heterocycles. The number of ether oxygens (including phenoxy) is 1. The molecule has 1 aliphatic heterocycles. The lowest BCUT2D eigenvalue weighted by molar-refractivity contribution is -0.153. The fourth-order valence-corrected chi connectivity index (χ4v) is 5.60. The molecule has 2 aromatic carbocycles. The fourth-order valence-electron chi connectivity index (χ4n) is 5.60. The molecule has 5 rings (SSSR count). The second kappa shape index (κ2) is 8.49. The molecule has 32 heavy (non-hydrogen) atoms. The molecule has 6 nitrogen and oxygen atoms in total. The average molecular weight is 434 g/mol. The number of hydrogen-bond acceptors (Lipinski definition) is 3. The smallest absolute Gasteiger partial charge is 0.315 e. The van der Waals surface area contributed by atoms with Crippen molar-refractivity contribution in [3.8, 4) is 5.75 Å². The lowest BCUT2D eigenvalue weighted by Gasteiger charge is -2.58. The number of benzene rings is 2. The van der Waals surface area contributed by atoms with Crippen LogP contribution in [-0.4, -0.2) is 43.1 Å². The van der Waals surface area contributed by atoms with Crippen LogP contribution in [0.25, 0.3) is 0 Å². The van der Waals surface area contributed by atoms with Crippen LogP contribution in [-0.2, 0) is 11.3 Å². The lowest BCUT2D eigenvalue weighted by Crippen LogP contribution is -2.61. The standard InChI is InChI=1S/C26H31N3O3/c1-32-23-9-7-18(8-10-23)15-27-25(31)28-22-13-26(14-22)11-20(12-26)24(30)29-16-21(17-29)19-5-3-2-4-6-19/h2-10,20-22H,11-17H2,1H3,(H2,27,28,31). The predicted molar refractivity (Wildman–Crippen MR) is 122 cm³/mol. The third-order valence-electron chi connectivity index (χ3n) is 7.48. The summed E-state index contributed by atoms with van der Waals surface area (Å²) in [6.45, 7) is 2.19. The van der Waals surface area contributed by atoms with Gasteiger partial charge >= 0.3 is 6.03 Å². The van der Waals surface area contributed by atoms with Gasteiger partial charge in [-0.05, 0) is 54.4 Å². The van der Waals surface area contributed by atoms with Gasteiger partial charge in [0.2, 0.25) is 5.91 Å². The summed E-state index contributed by atoms with van der Waals surface area (Å²) < 4.78 is 5.15. The Bertz CT molecular complexity index is 956. The summed E-state index contributed by atoms with van der Waals surface area (Å²) in [7, 11) is 1.64. The average Bonchev–Trinajstić information content (AvgIpc) is 2.73. The number of hydrogen-bond donors (Lipinski definition) is 2. The van der Waals surface area contributed by atoms with E-state index in [-0.39, 0.29) is 23.4 Å². The Morgan fingerprint density at radius 1 is 1.00 bits per heavy atom. The van der Waals surface area contributed by atoms with Gasteiger partial charge in [-0.3, -0.25) is 4.79 Å². The highest BCUT2D eigenvalue weighted by atomic mass is 16.5. The number of nitrogens with one attached hydrogen (secondary N) is 2. The zero-order valence-electron chi connectivity index (χ0n) is 18.5. The van der Waals surface area contributed by atoms with E-state index >= 15 is 0 Å². The summed E-state index contributed by atoms with van der Waals surface area (Å²) in [6.07, 6.45) is 3.92. The van der Waals surface area contributed by atoms with E-state index in [4.69, 9.17) is 4.74 Å². The molecule has 0 bridgehead atoms. The van der Waals surface area contributed by atoms with Gasteiger partial charge in [-0.2, -0.15) is 0 Å². The van der Waals surface area contributed by atoms with E-state index in [1.165, 1.54) is 5.56 Å². The number of carbonyl (C=O) groups excluding carboxylic acids is 2. The first kappa shape index (κ1) is 20.9. The summed E-state index contributed by atoms with van der Waals surface area (Å²) in [5.74, 6) is 1.80. The molecular formula is C26H31N3O3. The second-order valence-corrected chi connectivity index (χ2v) is 9.74. The first-order valence-electron chi connectivity index (χ1n) is 11.5. The summed E-state index contributed by atoms with van der Waals surface area (Å²) in [4.78, 5) is 27.0. The summed E-state index contributed by atoms with van der Waals surface area (Å²) in [5, 5.41) is 6.00. The Balaban J connectivity index is 0.989. The molecule has 3 fully saturated rings. The number of carbonyl (C=O) groups is 2. The van der Waals surface area contributed by atoms with Crippen molar-refractivity contribution < 1.29 is 14.3 Å². The first-order chi connectivity index (χ1) is 15.5. The van der Waals surface area contributed by atoms with Crippen molar-refractivity contribution in [1.29, 1.82) is 0 Å². The third kappa shape index (κ3) is 4.18. The second-order valence-electron chi connectivity index (χ2n) is 9.74. The number of rotatable bonds is 6. The van der Waals surface area contributed by atoms with Crippen LogP contribution in [0.4, 0.5) is 4.79 Å². The van der Waals surface area contributed by atoms with E-state index < -0.39 is 0 Å². The Hall–Kier alpha value is -3.02. The zero-order chi connectivity index (χ0) is 22.1. The monoisotopic (exact) mass is 433 g/mol. The highest BCUT2D eigenvalue weighted by Gasteiger charge is 2.56. The van der Waals surface area contributed by atoms with Crippen molar-refractivity contribution in [3.63, 3.8) is 0 Å². The number of amides is 3. The highest BCUT2D eigenvalue weighted by molar-refractivity contribution is 5.81. The third-order valence-corrected chi connectivity index (χ3v) is 7.48. The largest absolute Gasteiger partial charge is 0.497 e. The maximum absolute atomic E-state index is 12.8. The van der Waals surface area contributed by atoms with E-state index in [1.54, 1.807) is 7.11 Å². The van der Waals surface area contributed by atoms with Crippen LogP contribution in [0.1, 0.15) is 42.7 Å². The predicted octanol–water partition coefficient (Wildman–Crippen LogP) is 3.68. The number of urea groups is 1. The molecule has 168 valence electrons. The van der Waals surface area contributed by atoms with Gasteiger partial charge in [-0.15, -0.1) is 0 Å². The molecule has 3 amide bonds. The van der Waals surface area contributed by atoms with Crippen molar-refractivity contribution in [1.82, 2.24) is 15.5 Å². The number of nitrogens with zero attached hydrogens (tertiary/aromatic N) is 1. The SMILES string of the molecule is COc1ccc(CNC(=O)NC2CC3(C2)CC(C(=O)N2CC(c4ccccc4)C2)C3)cc1. The van der Waals surface area contributed by atoms with E-state index in [0.29, 0.717) is 18.4 Å². The van der Waals surface area contributed by atoms with Crippen LogP contribution >= 0.6 is 0 Å². The number of likely N-dealkylation sites (tertiary alicyclic amines) is 1. The summed E-state index contributed by atoms with van der Waals surface area (Å²) >= 11 is 0. The van der Waals surface area contributed by atoms with Gasteiger partial charge in [-0.1, -0.05) is 42.5 Å². The van der Waals surface area contributed by atoms with Crippen LogP contribution in [0.3, 0.4) is 0 Å². The van der Waals surface area contributed by atoms with E-state index in [0.717, 1.165) is 50.1 Å². The molecule has 3 aliphatic rings. The van der Waals surface area contributed by atoms with Gasteiger partial charge in [0.1, 0.15) is 5.75 Å². The minimum absolute atomic E-state index is 0.125. The van der Waals surface area contributed by atoms with Crippen LogP contribution in [0.5, 0.6) is 5.75 Å². The Labute approximate surface area is 189 Å². The molecule has 2 N–H and O–H groups in total. The summed E-state index contributed by atoms with van der Waals surface area (Å²) in [6, 6.07) is 18.2. The van der Waals surface area contributed by atoms with Gasteiger partial charge in [0.25, 0.3) is 0 Å². The zero-order valence-corrected chi connectivity index (χ0v) is 18.5. The Kier molecular flexibility index (Phi) is 5.53. The van der Waals surface area contributed by atoms with Gasteiger partial charge in [0.05, 0.1) is 7.11 Å². The van der Waals surface area contributed by atoms with Crippen molar-refractivity contribution in [3.05, 3.63) is 65.7 Å². The molecule has 1 heterocycles. The van der Waals surface area contributed by atoms with Crippen molar-refractivity contribution in [2.24, 2.45) is 11.3 Å². The van der Waals surface area contributed by atoms with Crippen molar-refractivity contribution >= 4 is 11.9 Å². The van der Waals surface area contributed by atoms with Crippen LogP contribution in [0.2, 0.25) is 0 Å². The van der Waals surface area contributed by atoms with Crippen LogP contribution in [0.15, 0.2) is 54.6 Å². The molecule has 2 aromatic rings. The molecule has 0 atom stereocenters. The van der Waals surface area contributed by atoms with Crippen LogP contribution < -0.4 is 15.4 Å². The Morgan fingerprint density at radius 2 is 1.69 bits per heavy atom. The molecule has 0 unspecified atom stereocenters. The first-order valence-corrected chi connectivity index (χ1v) is 11.5. The van der Waals surface area contributed by atoms with E-state index in [9.17, 15) is 9.59 Å². The van der Waals surface area contributed by atoms with Gasteiger partial charge in [0.15, 0.2) is 0 Å². The molecular weight excluding hydrogens is 402 g/mol. The van der Waals surface area contributed by atoms with Crippen LogP contribution in [0, 0.1) is 11.3 Å². The van der Waals surface area contributed by atoms with Crippen molar-refractivity contribution in [2.45, 2.75) is 44.2 Å². The molecule has 2 saturated carbocycles. The Morgan fingerprint density at radius 3 is 2.34 bits per heavy atom. The lowest BCUT2D eigenvalue weighted by atomic mass is 9.49.